The Hall–Kier alpha value is -3.72. The number of nitrogens with two attached hydrogens (primary N) is 1. The summed E-state index contributed by atoms with van der Waals surface area (Å²) in [6.07, 6.45) is -4.37. The van der Waals surface area contributed by atoms with Crippen LogP contribution in [0.3, 0.4) is 0 Å². The minimum atomic E-state index is -4.59. The number of carbonyl (C=O) groups is 1. The second-order valence-electron chi connectivity index (χ2n) is 9.03. The number of methoxy groups -OCH3 is 1. The van der Waals surface area contributed by atoms with Crippen LogP contribution in [0.15, 0.2) is 48.5 Å². The number of halogens is 4. The predicted octanol–water partition coefficient (Wildman–Crippen LogP) is 3.33. The molecule has 1 aliphatic rings. The van der Waals surface area contributed by atoms with E-state index in [1.165, 1.54) is 19.2 Å². The number of hydrogen-bond acceptors (Lipinski definition) is 10. The number of nitrogens with one attached hydrogen (secondary N) is 3. The molecule has 4 rings (SSSR count). The van der Waals surface area contributed by atoms with Crippen LogP contribution in [0.4, 0.5) is 30.8 Å². The van der Waals surface area contributed by atoms with Crippen molar-refractivity contribution in [2.24, 2.45) is 5.73 Å². The zero-order chi connectivity index (χ0) is 28.9. The molecule has 0 saturated heterocycles. The van der Waals surface area contributed by atoms with Gasteiger partial charge in [0.1, 0.15) is 0 Å². The van der Waals surface area contributed by atoms with Gasteiger partial charge >= 0.3 is 12.2 Å². The summed E-state index contributed by atoms with van der Waals surface area (Å²) < 4.78 is 48.0. The lowest BCUT2D eigenvalue weighted by Gasteiger charge is -2.21. The van der Waals surface area contributed by atoms with E-state index in [0.29, 0.717) is 10.7 Å². The Morgan fingerprint density at radius 2 is 1.75 bits per heavy atom. The molecule has 0 bridgehead atoms. The first-order valence-electron chi connectivity index (χ1n) is 12.1. The summed E-state index contributed by atoms with van der Waals surface area (Å²) in [4.78, 5) is 24.8. The third kappa shape index (κ3) is 7.69. The lowest BCUT2D eigenvalue weighted by Crippen LogP contribution is -2.48. The normalized spacial score (nSPS) is 15.6. The quantitative estimate of drug-likeness (QED) is 0.201. The van der Waals surface area contributed by atoms with E-state index in [2.05, 4.69) is 30.9 Å². The molecule has 11 nitrogen and oxygen atoms in total. The van der Waals surface area contributed by atoms with Gasteiger partial charge in [-0.15, -0.1) is 0 Å². The number of anilines is 3. The van der Waals surface area contributed by atoms with E-state index in [1.807, 2.05) is 12.1 Å². The smallest absolute Gasteiger partial charge is 0.422 e. The van der Waals surface area contributed by atoms with Gasteiger partial charge in [-0.1, -0.05) is 23.7 Å². The van der Waals surface area contributed by atoms with Gasteiger partial charge in [0.25, 0.3) is 5.91 Å². The summed E-state index contributed by atoms with van der Waals surface area (Å²) in [6, 6.07) is 11.9. The van der Waals surface area contributed by atoms with Crippen LogP contribution in [-0.2, 0) is 10.3 Å². The van der Waals surface area contributed by atoms with Crippen molar-refractivity contribution in [1.82, 2.24) is 20.3 Å². The highest BCUT2D eigenvalue weighted by molar-refractivity contribution is 6.30. The molecule has 1 amide bonds. The number of nitrogens with zero attached hydrogens (tertiary/aromatic N) is 3. The van der Waals surface area contributed by atoms with Crippen LogP contribution < -0.4 is 26.4 Å². The van der Waals surface area contributed by atoms with Crippen molar-refractivity contribution in [3.63, 3.8) is 0 Å². The first-order chi connectivity index (χ1) is 19.0. The summed E-state index contributed by atoms with van der Waals surface area (Å²) in [5.41, 5.74) is 6.69. The second-order valence-corrected chi connectivity index (χ2v) is 9.46. The molecule has 1 unspecified atom stereocenters. The maximum atomic E-state index is 12.8. The van der Waals surface area contributed by atoms with E-state index in [-0.39, 0.29) is 24.0 Å². The number of amides is 1. The Balaban J connectivity index is 1.52. The maximum Gasteiger partial charge on any atom is 0.422 e. The van der Waals surface area contributed by atoms with Gasteiger partial charge in [-0.25, -0.2) is 0 Å². The minimum absolute atomic E-state index is 0.0163. The predicted molar refractivity (Wildman–Crippen MR) is 140 cm³/mol. The van der Waals surface area contributed by atoms with Crippen LogP contribution in [0.25, 0.3) is 0 Å². The van der Waals surface area contributed by atoms with E-state index < -0.39 is 42.6 Å². The average molecular weight is 582 g/mol. The Morgan fingerprint density at radius 1 is 1.10 bits per heavy atom. The monoisotopic (exact) mass is 581 g/mol. The molecule has 0 aliphatic heterocycles. The Kier molecular flexibility index (Phi) is 8.93. The Labute approximate surface area is 232 Å². The minimum Gasteiger partial charge on any atom is -0.454 e. The van der Waals surface area contributed by atoms with Crippen molar-refractivity contribution >= 4 is 35.1 Å². The van der Waals surface area contributed by atoms with Crippen LogP contribution >= 0.6 is 11.6 Å². The summed E-state index contributed by atoms with van der Waals surface area (Å²) in [5, 5.41) is 19.0. The highest BCUT2D eigenvalue weighted by Crippen LogP contribution is 2.48. The van der Waals surface area contributed by atoms with Crippen molar-refractivity contribution in [3.05, 3.63) is 64.7 Å². The van der Waals surface area contributed by atoms with Crippen LogP contribution in [0, 0.1) is 0 Å². The molecule has 214 valence electrons. The molecule has 1 fully saturated rings. The molecule has 40 heavy (non-hydrogen) atoms. The lowest BCUT2D eigenvalue weighted by atomic mass is 10.1. The molecule has 2 atom stereocenters. The van der Waals surface area contributed by atoms with Gasteiger partial charge in [0, 0.05) is 29.9 Å². The molecular formula is C25H27ClF3N7O4. The third-order valence-electron chi connectivity index (χ3n) is 6.04. The summed E-state index contributed by atoms with van der Waals surface area (Å²) in [7, 11) is 1.28. The Morgan fingerprint density at radius 3 is 2.33 bits per heavy atom. The number of aromatic nitrogens is 3. The molecular weight excluding hydrogens is 555 g/mol. The number of rotatable bonds is 12. The van der Waals surface area contributed by atoms with Crippen LogP contribution in [0.2, 0.25) is 5.02 Å². The zero-order valence-corrected chi connectivity index (χ0v) is 22.0. The summed E-state index contributed by atoms with van der Waals surface area (Å²) >= 11 is 5.99. The standard InChI is InChI=1S/C25H27ClF3N7O4/c1-39-20(38)18(12-30)32-19(37)14-2-8-17(9-3-14)31-21-33-22(35-23(34-21)40-13-25(27,28)29)36-24(10-11-24)15-4-6-16(26)7-5-15/h2-9,18,20,38H,10-13,30H2,1H3,(H,32,37)(H2,31,33,34,35,36)/t18-,20?/m0/s1. The fourth-order valence-electron chi connectivity index (χ4n) is 3.77. The van der Waals surface area contributed by atoms with Crippen LogP contribution in [0.1, 0.15) is 28.8 Å². The van der Waals surface area contributed by atoms with Gasteiger partial charge in [0.2, 0.25) is 11.9 Å². The van der Waals surface area contributed by atoms with Gasteiger partial charge < -0.3 is 36.3 Å². The SMILES string of the molecule is COC(O)[C@H](CN)NC(=O)c1ccc(Nc2nc(NC3(c4ccc(Cl)cc4)CC3)nc(OCC(F)(F)F)n2)cc1. The molecule has 0 radical (unpaired) electrons. The molecule has 15 heteroatoms. The van der Waals surface area contributed by atoms with Gasteiger partial charge in [-0.3, -0.25) is 4.79 Å². The largest absolute Gasteiger partial charge is 0.454 e. The molecule has 1 heterocycles. The fourth-order valence-corrected chi connectivity index (χ4v) is 3.90. The summed E-state index contributed by atoms with van der Waals surface area (Å²) in [5.74, 6) is -0.558. The van der Waals surface area contributed by atoms with Gasteiger partial charge in [-0.05, 0) is 54.8 Å². The number of benzene rings is 2. The van der Waals surface area contributed by atoms with E-state index in [9.17, 15) is 23.1 Å². The molecule has 6 N–H and O–H groups in total. The topological polar surface area (TPSA) is 157 Å². The van der Waals surface area contributed by atoms with Crippen molar-refractivity contribution in [2.45, 2.75) is 36.9 Å². The highest BCUT2D eigenvalue weighted by Gasteiger charge is 2.45. The molecule has 2 aromatic carbocycles. The van der Waals surface area contributed by atoms with E-state index in [4.69, 9.17) is 26.8 Å². The van der Waals surface area contributed by atoms with Gasteiger partial charge in [-0.2, -0.15) is 28.1 Å². The fraction of sp³-hybridized carbons (Fsp3) is 0.360. The molecule has 1 aromatic heterocycles. The number of aliphatic hydroxyl groups excluding tert-OH is 1. The molecule has 1 aliphatic carbocycles. The zero-order valence-electron chi connectivity index (χ0n) is 21.2. The van der Waals surface area contributed by atoms with Crippen molar-refractivity contribution in [2.75, 3.05) is 30.9 Å². The lowest BCUT2D eigenvalue weighted by molar-refractivity contribution is -0.154. The maximum absolute atomic E-state index is 12.8. The first kappa shape index (κ1) is 29.3. The average Bonchev–Trinajstić information content (AvgIpc) is 3.70. The number of aliphatic hydroxyl groups is 1. The van der Waals surface area contributed by atoms with Crippen LogP contribution in [0.5, 0.6) is 6.01 Å². The number of ether oxygens (including phenoxy) is 2. The van der Waals surface area contributed by atoms with Crippen LogP contribution in [-0.4, -0.2) is 64.7 Å². The van der Waals surface area contributed by atoms with Crippen molar-refractivity contribution in [3.8, 4) is 6.01 Å². The van der Waals surface area contributed by atoms with Crippen molar-refractivity contribution in [1.29, 1.82) is 0 Å². The second kappa shape index (κ2) is 12.2. The molecule has 0 spiro atoms. The van der Waals surface area contributed by atoms with E-state index >= 15 is 0 Å². The van der Waals surface area contributed by atoms with Gasteiger partial charge in [0.15, 0.2) is 12.9 Å². The highest BCUT2D eigenvalue weighted by atomic mass is 35.5. The number of alkyl halides is 3. The molecule has 3 aromatic rings. The van der Waals surface area contributed by atoms with Gasteiger partial charge in [0.05, 0.1) is 11.6 Å². The van der Waals surface area contributed by atoms with Crippen molar-refractivity contribution < 1.29 is 32.5 Å². The third-order valence-corrected chi connectivity index (χ3v) is 6.29. The number of carbonyl (C=O) groups excluding carboxylic acids is 1. The van der Waals surface area contributed by atoms with E-state index in [1.54, 1.807) is 24.3 Å². The van der Waals surface area contributed by atoms with E-state index in [0.717, 1.165) is 18.4 Å². The molecule has 1 saturated carbocycles. The Bertz CT molecular complexity index is 1310. The number of hydrogen-bond donors (Lipinski definition) is 5. The first-order valence-corrected chi connectivity index (χ1v) is 12.5. The summed E-state index contributed by atoms with van der Waals surface area (Å²) in [6.45, 7) is -1.63.